The monoisotopic (exact) mass is 309 g/mol. The minimum absolute atomic E-state index is 0.159. The maximum absolute atomic E-state index is 12.0. The Hall–Kier alpha value is -0.650. The van der Waals surface area contributed by atoms with Gasteiger partial charge < -0.3 is 15.0 Å². The first-order valence-electron chi connectivity index (χ1n) is 9.16. The summed E-state index contributed by atoms with van der Waals surface area (Å²) in [5.41, 5.74) is 0. The number of ether oxygens (including phenoxy) is 1. The summed E-state index contributed by atoms with van der Waals surface area (Å²) in [7, 11) is 0. The average Bonchev–Trinajstić information content (AvgIpc) is 3.08. The standard InChI is InChI=1S/C17H31N3O2/c21-17(18-13-16-5-4-12-22-16)14-19-10-6-15(7-11-19)20-8-2-1-3-9-20/h15-16H,1-14H2,(H,18,21). The van der Waals surface area contributed by atoms with Crippen LogP contribution in [0.3, 0.4) is 0 Å². The lowest BCUT2D eigenvalue weighted by molar-refractivity contribution is -0.123. The van der Waals surface area contributed by atoms with Crippen molar-refractivity contribution < 1.29 is 9.53 Å². The van der Waals surface area contributed by atoms with Crippen LogP contribution >= 0.6 is 0 Å². The van der Waals surface area contributed by atoms with Crippen LogP contribution in [0.2, 0.25) is 0 Å². The molecular formula is C17H31N3O2. The van der Waals surface area contributed by atoms with Gasteiger partial charge in [-0.3, -0.25) is 9.69 Å². The van der Waals surface area contributed by atoms with Crippen LogP contribution in [0.1, 0.15) is 44.9 Å². The van der Waals surface area contributed by atoms with Crippen molar-refractivity contribution in [3.63, 3.8) is 0 Å². The molecule has 3 aliphatic heterocycles. The second-order valence-electron chi connectivity index (χ2n) is 7.04. The Morgan fingerprint density at radius 2 is 1.77 bits per heavy atom. The van der Waals surface area contributed by atoms with E-state index in [4.69, 9.17) is 4.74 Å². The molecule has 0 aromatic heterocycles. The third kappa shape index (κ3) is 4.67. The van der Waals surface area contributed by atoms with Crippen LogP contribution in [0, 0.1) is 0 Å². The largest absolute Gasteiger partial charge is 0.376 e. The van der Waals surface area contributed by atoms with Crippen molar-refractivity contribution in [3.8, 4) is 0 Å². The van der Waals surface area contributed by atoms with Crippen LogP contribution in [0.5, 0.6) is 0 Å². The van der Waals surface area contributed by atoms with E-state index in [2.05, 4.69) is 15.1 Å². The smallest absolute Gasteiger partial charge is 0.234 e. The molecule has 0 aromatic rings. The molecule has 0 bridgehead atoms. The average molecular weight is 309 g/mol. The summed E-state index contributed by atoms with van der Waals surface area (Å²) < 4.78 is 5.54. The number of rotatable bonds is 5. The Bertz CT molecular complexity index is 344. The summed E-state index contributed by atoms with van der Waals surface area (Å²) in [5.74, 6) is 0.159. The van der Waals surface area contributed by atoms with Crippen LogP contribution in [-0.2, 0) is 9.53 Å². The summed E-state index contributed by atoms with van der Waals surface area (Å²) in [5, 5.41) is 3.03. The summed E-state index contributed by atoms with van der Waals surface area (Å²) in [6.45, 7) is 6.79. The fraction of sp³-hybridized carbons (Fsp3) is 0.941. The molecule has 5 heteroatoms. The second kappa shape index (κ2) is 8.27. The number of likely N-dealkylation sites (tertiary alicyclic amines) is 2. The highest BCUT2D eigenvalue weighted by Gasteiger charge is 2.26. The maximum atomic E-state index is 12.0. The van der Waals surface area contributed by atoms with Crippen LogP contribution in [0.15, 0.2) is 0 Å². The van der Waals surface area contributed by atoms with Crippen LogP contribution in [0.4, 0.5) is 0 Å². The molecule has 3 fully saturated rings. The van der Waals surface area contributed by atoms with Gasteiger partial charge in [-0.05, 0) is 51.6 Å². The van der Waals surface area contributed by atoms with Crippen LogP contribution in [0.25, 0.3) is 0 Å². The van der Waals surface area contributed by atoms with E-state index in [1.165, 1.54) is 45.2 Å². The molecule has 1 N–H and O–H groups in total. The van der Waals surface area contributed by atoms with Crippen molar-refractivity contribution in [1.29, 1.82) is 0 Å². The molecule has 5 nitrogen and oxygen atoms in total. The number of amides is 1. The quantitative estimate of drug-likeness (QED) is 0.830. The first-order valence-corrected chi connectivity index (χ1v) is 9.16. The van der Waals surface area contributed by atoms with E-state index >= 15 is 0 Å². The molecule has 0 aliphatic carbocycles. The minimum atomic E-state index is 0.159. The number of hydrogen-bond donors (Lipinski definition) is 1. The lowest BCUT2D eigenvalue weighted by atomic mass is 10.00. The van der Waals surface area contributed by atoms with Gasteiger partial charge >= 0.3 is 0 Å². The molecule has 3 saturated heterocycles. The SMILES string of the molecule is O=C(CN1CCC(N2CCCCC2)CC1)NCC1CCCO1. The molecule has 3 aliphatic rings. The molecule has 0 saturated carbocycles. The number of carbonyl (C=O) groups excluding carboxylic acids is 1. The third-order valence-electron chi connectivity index (χ3n) is 5.38. The van der Waals surface area contributed by atoms with Gasteiger partial charge in [-0.25, -0.2) is 0 Å². The number of nitrogens with zero attached hydrogens (tertiary/aromatic N) is 2. The van der Waals surface area contributed by atoms with E-state index < -0.39 is 0 Å². The maximum Gasteiger partial charge on any atom is 0.234 e. The lowest BCUT2D eigenvalue weighted by Crippen LogP contribution is -2.49. The highest BCUT2D eigenvalue weighted by molar-refractivity contribution is 5.78. The van der Waals surface area contributed by atoms with Gasteiger partial charge in [0.1, 0.15) is 0 Å². The second-order valence-corrected chi connectivity index (χ2v) is 7.04. The van der Waals surface area contributed by atoms with E-state index in [1.807, 2.05) is 0 Å². The Labute approximate surface area is 134 Å². The number of nitrogens with one attached hydrogen (secondary N) is 1. The predicted molar refractivity (Wildman–Crippen MR) is 86.9 cm³/mol. The summed E-state index contributed by atoms with van der Waals surface area (Å²) >= 11 is 0. The van der Waals surface area contributed by atoms with Crippen molar-refractivity contribution in [3.05, 3.63) is 0 Å². The summed E-state index contributed by atoms with van der Waals surface area (Å²) in [4.78, 5) is 17.0. The highest BCUT2D eigenvalue weighted by Crippen LogP contribution is 2.20. The molecule has 22 heavy (non-hydrogen) atoms. The number of piperidine rings is 2. The van der Waals surface area contributed by atoms with Gasteiger partial charge in [0.15, 0.2) is 0 Å². The van der Waals surface area contributed by atoms with E-state index in [-0.39, 0.29) is 12.0 Å². The van der Waals surface area contributed by atoms with E-state index in [1.54, 1.807) is 0 Å². The zero-order valence-electron chi connectivity index (χ0n) is 13.8. The number of hydrogen-bond acceptors (Lipinski definition) is 4. The molecule has 0 aromatic carbocycles. The van der Waals surface area contributed by atoms with Gasteiger partial charge in [-0.15, -0.1) is 0 Å². The Kier molecular flexibility index (Phi) is 6.10. The van der Waals surface area contributed by atoms with Crippen molar-refractivity contribution in [2.24, 2.45) is 0 Å². The number of carbonyl (C=O) groups is 1. The normalized spacial score (nSPS) is 28.8. The first-order chi connectivity index (χ1) is 10.8. The van der Waals surface area contributed by atoms with Crippen molar-refractivity contribution in [1.82, 2.24) is 15.1 Å². The van der Waals surface area contributed by atoms with Gasteiger partial charge in [0, 0.05) is 32.3 Å². The van der Waals surface area contributed by atoms with Gasteiger partial charge in [-0.2, -0.15) is 0 Å². The lowest BCUT2D eigenvalue weighted by Gasteiger charge is -2.40. The summed E-state index contributed by atoms with van der Waals surface area (Å²) in [6.07, 6.45) is 9.04. The molecule has 1 atom stereocenters. The topological polar surface area (TPSA) is 44.8 Å². The van der Waals surface area contributed by atoms with E-state index in [0.717, 1.165) is 38.6 Å². The molecule has 0 spiro atoms. The molecular weight excluding hydrogens is 278 g/mol. The fourth-order valence-electron chi connectivity index (χ4n) is 4.02. The molecule has 126 valence electrons. The van der Waals surface area contributed by atoms with E-state index in [9.17, 15) is 4.79 Å². The van der Waals surface area contributed by atoms with Crippen molar-refractivity contribution in [2.45, 2.75) is 57.1 Å². The van der Waals surface area contributed by atoms with Crippen molar-refractivity contribution in [2.75, 3.05) is 45.9 Å². The molecule has 3 rings (SSSR count). The van der Waals surface area contributed by atoms with Crippen LogP contribution in [-0.4, -0.2) is 73.7 Å². The Balaban J connectivity index is 1.31. The van der Waals surface area contributed by atoms with Gasteiger partial charge in [0.25, 0.3) is 0 Å². The minimum Gasteiger partial charge on any atom is -0.376 e. The molecule has 3 heterocycles. The Morgan fingerprint density at radius 3 is 2.45 bits per heavy atom. The zero-order chi connectivity index (χ0) is 15.2. The van der Waals surface area contributed by atoms with Crippen LogP contribution < -0.4 is 5.32 Å². The van der Waals surface area contributed by atoms with Gasteiger partial charge in [-0.1, -0.05) is 6.42 Å². The first kappa shape index (κ1) is 16.2. The fourth-order valence-corrected chi connectivity index (χ4v) is 4.02. The highest BCUT2D eigenvalue weighted by atomic mass is 16.5. The zero-order valence-corrected chi connectivity index (χ0v) is 13.8. The van der Waals surface area contributed by atoms with E-state index in [0.29, 0.717) is 13.1 Å². The molecule has 1 unspecified atom stereocenters. The predicted octanol–water partition coefficient (Wildman–Crippen LogP) is 1.23. The summed E-state index contributed by atoms with van der Waals surface area (Å²) in [6, 6.07) is 0.756. The third-order valence-corrected chi connectivity index (χ3v) is 5.38. The Morgan fingerprint density at radius 1 is 1.00 bits per heavy atom. The molecule has 1 amide bonds. The molecule has 0 radical (unpaired) electrons. The van der Waals surface area contributed by atoms with Gasteiger partial charge in [0.2, 0.25) is 5.91 Å². The van der Waals surface area contributed by atoms with Crippen molar-refractivity contribution >= 4 is 5.91 Å². The van der Waals surface area contributed by atoms with Gasteiger partial charge in [0.05, 0.1) is 12.6 Å².